The van der Waals surface area contributed by atoms with Gasteiger partial charge in [0.05, 0.1) is 0 Å². The van der Waals surface area contributed by atoms with Crippen molar-refractivity contribution in [3.63, 3.8) is 0 Å². The Morgan fingerprint density at radius 3 is 1.86 bits per heavy atom. The van der Waals surface area contributed by atoms with Crippen molar-refractivity contribution in [1.82, 2.24) is 0 Å². The Bertz CT molecular complexity index is 943. The first-order valence-corrected chi connectivity index (χ1v) is 9.06. The molecule has 0 aliphatic heterocycles. The fraction of sp³-hybridized carbons (Fsp3) is 0.143. The molecule has 0 heterocycles. The zero-order valence-electron chi connectivity index (χ0n) is 11.8. The third-order valence-corrected chi connectivity index (χ3v) is 5.22. The highest BCUT2D eigenvalue weighted by Crippen LogP contribution is 2.36. The molecule has 0 amide bonds. The average Bonchev–Trinajstić information content (AvgIpc) is 2.39. The van der Waals surface area contributed by atoms with Gasteiger partial charge in [-0.2, -0.15) is 16.8 Å². The molecule has 0 radical (unpaired) electrons. The number of hydrogen-bond acceptors (Lipinski definition) is 4. The molecule has 0 atom stereocenters. The molecular formula is C14H14O6S2. The molecule has 6 nitrogen and oxygen atoms in total. The normalized spacial score (nSPS) is 12.4. The van der Waals surface area contributed by atoms with Crippen molar-refractivity contribution in [2.45, 2.75) is 23.6 Å². The van der Waals surface area contributed by atoms with Crippen LogP contribution >= 0.6 is 0 Å². The van der Waals surface area contributed by atoms with Crippen molar-refractivity contribution in [2.75, 3.05) is 0 Å². The molecule has 0 spiro atoms. The van der Waals surface area contributed by atoms with Crippen molar-refractivity contribution >= 4 is 20.2 Å². The molecule has 2 rings (SSSR count). The zero-order valence-corrected chi connectivity index (χ0v) is 13.4. The van der Waals surface area contributed by atoms with Crippen LogP contribution in [0, 0.1) is 13.8 Å². The molecule has 22 heavy (non-hydrogen) atoms. The predicted molar refractivity (Wildman–Crippen MR) is 81.0 cm³/mol. The van der Waals surface area contributed by atoms with Crippen LogP contribution in [-0.2, 0) is 20.2 Å². The Morgan fingerprint density at radius 2 is 1.32 bits per heavy atom. The molecule has 2 aromatic rings. The third kappa shape index (κ3) is 3.05. The number of benzene rings is 2. The van der Waals surface area contributed by atoms with Gasteiger partial charge in [-0.15, -0.1) is 0 Å². The Labute approximate surface area is 128 Å². The Balaban J connectivity index is 3.00. The van der Waals surface area contributed by atoms with Crippen LogP contribution in [0.2, 0.25) is 0 Å². The first kappa shape index (κ1) is 16.6. The van der Waals surface area contributed by atoms with E-state index in [0.29, 0.717) is 11.1 Å². The van der Waals surface area contributed by atoms with E-state index in [0.717, 1.165) is 0 Å². The molecule has 8 heteroatoms. The quantitative estimate of drug-likeness (QED) is 0.829. The summed E-state index contributed by atoms with van der Waals surface area (Å²) in [6, 6.07) is 8.18. The lowest BCUT2D eigenvalue weighted by molar-refractivity contribution is 0.480. The van der Waals surface area contributed by atoms with E-state index in [4.69, 9.17) is 0 Å². The fourth-order valence-electron chi connectivity index (χ4n) is 2.24. The van der Waals surface area contributed by atoms with Crippen LogP contribution in [0.3, 0.4) is 0 Å². The lowest BCUT2D eigenvalue weighted by Gasteiger charge is -2.15. The second-order valence-electron chi connectivity index (χ2n) is 4.83. The van der Waals surface area contributed by atoms with Crippen molar-refractivity contribution in [2.24, 2.45) is 0 Å². The van der Waals surface area contributed by atoms with Gasteiger partial charge in [0.2, 0.25) is 0 Å². The molecule has 0 saturated heterocycles. The van der Waals surface area contributed by atoms with Crippen LogP contribution in [0.25, 0.3) is 11.1 Å². The molecule has 2 N–H and O–H groups in total. The highest BCUT2D eigenvalue weighted by atomic mass is 32.2. The monoisotopic (exact) mass is 342 g/mol. The molecule has 118 valence electrons. The van der Waals surface area contributed by atoms with E-state index in [1.165, 1.54) is 36.4 Å². The highest BCUT2D eigenvalue weighted by Gasteiger charge is 2.24. The van der Waals surface area contributed by atoms with Gasteiger partial charge < -0.3 is 0 Å². The van der Waals surface area contributed by atoms with Crippen molar-refractivity contribution in [1.29, 1.82) is 0 Å². The maximum absolute atomic E-state index is 11.6. The topological polar surface area (TPSA) is 109 Å². The Morgan fingerprint density at radius 1 is 0.773 bits per heavy atom. The molecule has 0 aliphatic rings. The summed E-state index contributed by atoms with van der Waals surface area (Å²) in [6.07, 6.45) is 0. The largest absolute Gasteiger partial charge is 0.295 e. The van der Waals surface area contributed by atoms with Gasteiger partial charge in [-0.1, -0.05) is 24.3 Å². The van der Waals surface area contributed by atoms with E-state index in [9.17, 15) is 25.9 Å². The number of hydrogen-bond donors (Lipinski definition) is 2. The number of aryl methyl sites for hydroxylation is 1. The zero-order chi connectivity index (χ0) is 16.7. The van der Waals surface area contributed by atoms with Gasteiger partial charge in [-0.05, 0) is 37.1 Å². The number of rotatable bonds is 3. The second-order valence-corrected chi connectivity index (χ2v) is 7.61. The maximum atomic E-state index is 11.6. The van der Waals surface area contributed by atoms with E-state index >= 15 is 0 Å². The maximum Gasteiger partial charge on any atom is 0.295 e. The minimum absolute atomic E-state index is 0.0128. The van der Waals surface area contributed by atoms with Crippen LogP contribution in [0.15, 0.2) is 46.2 Å². The molecule has 0 unspecified atom stereocenters. The molecule has 0 fully saturated rings. The Hall–Kier alpha value is -1.74. The average molecular weight is 342 g/mol. The summed E-state index contributed by atoms with van der Waals surface area (Å²) >= 11 is 0. The first-order chi connectivity index (χ1) is 10.0. The van der Waals surface area contributed by atoms with E-state index in [1.807, 2.05) is 0 Å². The Kier molecular flexibility index (Phi) is 4.14. The summed E-state index contributed by atoms with van der Waals surface area (Å²) in [5.74, 6) is 0. The third-order valence-electron chi connectivity index (χ3n) is 3.41. The van der Waals surface area contributed by atoms with Gasteiger partial charge in [-0.25, -0.2) is 0 Å². The molecule has 0 aromatic heterocycles. The van der Waals surface area contributed by atoms with Gasteiger partial charge in [0.15, 0.2) is 0 Å². The predicted octanol–water partition coefficient (Wildman–Crippen LogP) is 2.46. The first-order valence-electron chi connectivity index (χ1n) is 6.18. The molecule has 0 aliphatic carbocycles. The highest BCUT2D eigenvalue weighted by molar-refractivity contribution is 7.86. The van der Waals surface area contributed by atoms with Crippen molar-refractivity contribution < 1.29 is 25.9 Å². The molecule has 0 bridgehead atoms. The molecular weight excluding hydrogens is 328 g/mol. The van der Waals surface area contributed by atoms with Crippen LogP contribution in [-0.4, -0.2) is 25.9 Å². The summed E-state index contributed by atoms with van der Waals surface area (Å²) in [6.45, 7) is 3.34. The minimum atomic E-state index is -4.56. The molecule has 0 saturated carbocycles. The van der Waals surface area contributed by atoms with E-state index in [1.54, 1.807) is 13.8 Å². The van der Waals surface area contributed by atoms with E-state index < -0.39 is 30.0 Å². The lowest BCUT2D eigenvalue weighted by Crippen LogP contribution is -2.07. The van der Waals surface area contributed by atoms with E-state index in [-0.39, 0.29) is 11.1 Å². The van der Waals surface area contributed by atoms with Gasteiger partial charge in [-0.3, -0.25) is 9.11 Å². The molecule has 2 aromatic carbocycles. The van der Waals surface area contributed by atoms with Crippen LogP contribution in [0.5, 0.6) is 0 Å². The van der Waals surface area contributed by atoms with Crippen molar-refractivity contribution in [3.05, 3.63) is 47.5 Å². The summed E-state index contributed by atoms with van der Waals surface area (Å²) in [5, 5.41) is 0. The second kappa shape index (κ2) is 5.47. The van der Waals surface area contributed by atoms with Crippen LogP contribution < -0.4 is 0 Å². The summed E-state index contributed by atoms with van der Waals surface area (Å²) in [4.78, 5) is -0.833. The van der Waals surface area contributed by atoms with Gasteiger partial charge >= 0.3 is 0 Å². The van der Waals surface area contributed by atoms with Crippen LogP contribution in [0.4, 0.5) is 0 Å². The van der Waals surface area contributed by atoms with Crippen molar-refractivity contribution in [3.8, 4) is 11.1 Å². The summed E-state index contributed by atoms with van der Waals surface area (Å²) < 4.78 is 65.0. The van der Waals surface area contributed by atoms with Gasteiger partial charge in [0, 0.05) is 11.1 Å². The summed E-state index contributed by atoms with van der Waals surface area (Å²) in [5.41, 5.74) is 1.27. The fourth-order valence-corrected chi connectivity index (χ4v) is 3.70. The lowest BCUT2D eigenvalue weighted by atomic mass is 9.97. The smallest absolute Gasteiger partial charge is 0.282 e. The SMILES string of the molecule is Cc1ccc(S(=O)(=O)O)c(-c2ccccc2S(=O)(=O)O)c1C. The van der Waals surface area contributed by atoms with Crippen LogP contribution in [0.1, 0.15) is 11.1 Å². The van der Waals surface area contributed by atoms with E-state index in [2.05, 4.69) is 0 Å². The standard InChI is InChI=1S/C14H14O6S2/c1-9-7-8-13(22(18,19)20)14(10(9)2)11-5-3-4-6-12(11)21(15,16)17/h3-8H,1-2H3,(H,15,16,17)(H,18,19,20). The summed E-state index contributed by atoms with van der Waals surface area (Å²) in [7, 11) is -9.11. The van der Waals surface area contributed by atoms with Gasteiger partial charge in [0.25, 0.3) is 20.2 Å². The van der Waals surface area contributed by atoms with Gasteiger partial charge in [0.1, 0.15) is 9.79 Å². The minimum Gasteiger partial charge on any atom is -0.282 e.